The molecule has 0 fully saturated rings. The summed E-state index contributed by atoms with van der Waals surface area (Å²) in [6.07, 6.45) is 4.79. The number of pyridine rings is 1. The van der Waals surface area contributed by atoms with Crippen molar-refractivity contribution < 1.29 is 14.1 Å². The summed E-state index contributed by atoms with van der Waals surface area (Å²) in [5.41, 5.74) is 2.69. The van der Waals surface area contributed by atoms with E-state index in [2.05, 4.69) is 25.4 Å². The molecule has 0 bridgehead atoms. The van der Waals surface area contributed by atoms with Crippen LogP contribution in [0, 0.1) is 0 Å². The third-order valence-electron chi connectivity index (χ3n) is 5.15. The average Bonchev–Trinajstić information content (AvgIpc) is 3.59. The quantitative estimate of drug-likeness (QED) is 0.399. The first kappa shape index (κ1) is 21.1. The van der Waals surface area contributed by atoms with Gasteiger partial charge < -0.3 is 14.6 Å². The van der Waals surface area contributed by atoms with E-state index >= 15 is 0 Å². The van der Waals surface area contributed by atoms with E-state index in [-0.39, 0.29) is 11.6 Å². The molecule has 9 heteroatoms. The molecule has 34 heavy (non-hydrogen) atoms. The molecular weight excluding hydrogens is 432 g/mol. The van der Waals surface area contributed by atoms with E-state index in [4.69, 9.17) is 9.26 Å². The van der Waals surface area contributed by atoms with Gasteiger partial charge in [-0.1, -0.05) is 47.6 Å². The van der Waals surface area contributed by atoms with Crippen molar-refractivity contribution in [1.82, 2.24) is 30.0 Å². The normalized spacial score (nSPS) is 10.7. The Balaban J connectivity index is 1.34. The highest BCUT2D eigenvalue weighted by Crippen LogP contribution is 2.26. The van der Waals surface area contributed by atoms with Gasteiger partial charge in [-0.15, -0.1) is 0 Å². The van der Waals surface area contributed by atoms with Gasteiger partial charge in [0.2, 0.25) is 5.82 Å². The number of nitrogens with one attached hydrogen (secondary N) is 1. The molecule has 0 aliphatic carbocycles. The maximum Gasteiger partial charge on any atom is 0.271 e. The Bertz CT molecular complexity index is 1410. The third kappa shape index (κ3) is 4.40. The number of aromatic nitrogens is 5. The van der Waals surface area contributed by atoms with E-state index in [0.717, 1.165) is 16.9 Å². The number of rotatable bonds is 7. The van der Waals surface area contributed by atoms with Crippen LogP contribution in [0.2, 0.25) is 0 Å². The molecule has 0 aliphatic heterocycles. The van der Waals surface area contributed by atoms with Gasteiger partial charge in [-0.25, -0.2) is 9.97 Å². The SMILES string of the molecule is COc1ccc(CNC(=O)c2cn(-c3ncccc3-c3nc(-c4ccccc4)no3)cn2)cc1. The van der Waals surface area contributed by atoms with Crippen LogP contribution in [0.4, 0.5) is 0 Å². The predicted octanol–water partition coefficient (Wildman–Crippen LogP) is 3.92. The molecule has 3 heterocycles. The number of nitrogens with zero attached hydrogens (tertiary/aromatic N) is 5. The zero-order chi connectivity index (χ0) is 23.3. The Labute approximate surface area is 195 Å². The van der Waals surface area contributed by atoms with Crippen molar-refractivity contribution in [2.75, 3.05) is 7.11 Å². The standard InChI is InChI=1S/C25H20N6O3/c1-33-19-11-9-17(10-12-19)14-27-24(32)21-15-31(16-28-21)23-20(8-5-13-26-23)25-29-22(30-34-25)18-6-3-2-4-7-18/h2-13,15-16H,14H2,1H3,(H,27,32). The van der Waals surface area contributed by atoms with Gasteiger partial charge in [-0.2, -0.15) is 4.98 Å². The van der Waals surface area contributed by atoms with Crippen LogP contribution in [-0.2, 0) is 6.54 Å². The summed E-state index contributed by atoms with van der Waals surface area (Å²) in [5.74, 6) is 1.79. The van der Waals surface area contributed by atoms with Gasteiger partial charge in [0, 0.05) is 24.5 Å². The van der Waals surface area contributed by atoms with Crippen molar-refractivity contribution in [1.29, 1.82) is 0 Å². The van der Waals surface area contributed by atoms with Crippen LogP contribution in [0.5, 0.6) is 5.75 Å². The molecule has 0 spiro atoms. The number of hydrogen-bond acceptors (Lipinski definition) is 7. The van der Waals surface area contributed by atoms with Crippen LogP contribution in [0.25, 0.3) is 28.7 Å². The van der Waals surface area contributed by atoms with E-state index in [0.29, 0.717) is 29.6 Å². The van der Waals surface area contributed by atoms with Crippen molar-refractivity contribution in [2.45, 2.75) is 6.54 Å². The number of methoxy groups -OCH3 is 1. The summed E-state index contributed by atoms with van der Waals surface area (Å²) >= 11 is 0. The van der Waals surface area contributed by atoms with Crippen molar-refractivity contribution in [3.05, 3.63) is 96.7 Å². The van der Waals surface area contributed by atoms with Gasteiger partial charge in [0.25, 0.3) is 11.8 Å². The van der Waals surface area contributed by atoms with E-state index in [1.165, 1.54) is 6.33 Å². The monoisotopic (exact) mass is 452 g/mol. The van der Waals surface area contributed by atoms with Gasteiger partial charge in [0.05, 0.1) is 12.7 Å². The van der Waals surface area contributed by atoms with E-state index in [1.807, 2.05) is 60.7 Å². The molecule has 1 N–H and O–H groups in total. The number of imidazole rings is 1. The Hall–Kier alpha value is -4.79. The zero-order valence-electron chi connectivity index (χ0n) is 18.3. The van der Waals surface area contributed by atoms with Crippen LogP contribution < -0.4 is 10.1 Å². The summed E-state index contributed by atoms with van der Waals surface area (Å²) < 4.78 is 12.3. The summed E-state index contributed by atoms with van der Waals surface area (Å²) in [4.78, 5) is 25.8. The Kier molecular flexibility index (Phi) is 5.81. The number of amides is 1. The second-order valence-electron chi connectivity index (χ2n) is 7.36. The lowest BCUT2D eigenvalue weighted by molar-refractivity contribution is 0.0946. The Morgan fingerprint density at radius 1 is 1.03 bits per heavy atom. The third-order valence-corrected chi connectivity index (χ3v) is 5.15. The van der Waals surface area contributed by atoms with Crippen LogP contribution in [0.1, 0.15) is 16.1 Å². The van der Waals surface area contributed by atoms with E-state index in [9.17, 15) is 4.79 Å². The lowest BCUT2D eigenvalue weighted by Crippen LogP contribution is -2.23. The predicted molar refractivity (Wildman–Crippen MR) is 124 cm³/mol. The van der Waals surface area contributed by atoms with Gasteiger partial charge in [0.1, 0.15) is 17.8 Å². The summed E-state index contributed by atoms with van der Waals surface area (Å²) in [6.45, 7) is 0.370. The van der Waals surface area contributed by atoms with E-state index < -0.39 is 0 Å². The Morgan fingerprint density at radius 3 is 2.65 bits per heavy atom. The smallest absolute Gasteiger partial charge is 0.271 e. The van der Waals surface area contributed by atoms with Gasteiger partial charge in [-0.05, 0) is 29.8 Å². The molecule has 5 aromatic rings. The van der Waals surface area contributed by atoms with Crippen LogP contribution in [-0.4, -0.2) is 37.7 Å². The maximum atomic E-state index is 12.6. The lowest BCUT2D eigenvalue weighted by atomic mass is 10.2. The molecule has 0 radical (unpaired) electrons. The lowest BCUT2D eigenvalue weighted by Gasteiger charge is -2.06. The minimum Gasteiger partial charge on any atom is -0.497 e. The Morgan fingerprint density at radius 2 is 1.85 bits per heavy atom. The highest BCUT2D eigenvalue weighted by molar-refractivity contribution is 5.92. The first-order chi connectivity index (χ1) is 16.7. The highest BCUT2D eigenvalue weighted by atomic mass is 16.5. The van der Waals surface area contributed by atoms with Crippen molar-refractivity contribution in [3.8, 4) is 34.4 Å². The average molecular weight is 452 g/mol. The van der Waals surface area contributed by atoms with Crippen molar-refractivity contribution >= 4 is 5.91 Å². The molecular formula is C25H20N6O3. The topological polar surface area (TPSA) is 108 Å². The minimum atomic E-state index is -0.295. The molecule has 0 unspecified atom stereocenters. The molecule has 9 nitrogen and oxygen atoms in total. The molecule has 5 rings (SSSR count). The number of carbonyl (C=O) groups excluding carboxylic acids is 1. The molecule has 0 atom stereocenters. The summed E-state index contributed by atoms with van der Waals surface area (Å²) in [7, 11) is 1.61. The molecule has 1 amide bonds. The van der Waals surface area contributed by atoms with Gasteiger partial charge in [-0.3, -0.25) is 9.36 Å². The number of hydrogen-bond donors (Lipinski definition) is 1. The van der Waals surface area contributed by atoms with Crippen molar-refractivity contribution in [2.24, 2.45) is 0 Å². The zero-order valence-corrected chi connectivity index (χ0v) is 18.3. The second-order valence-corrected chi connectivity index (χ2v) is 7.36. The fraction of sp³-hybridized carbons (Fsp3) is 0.0800. The minimum absolute atomic E-state index is 0.264. The van der Waals surface area contributed by atoms with Crippen LogP contribution in [0.15, 0.2) is 90.0 Å². The largest absolute Gasteiger partial charge is 0.497 e. The first-order valence-corrected chi connectivity index (χ1v) is 10.5. The van der Waals surface area contributed by atoms with Gasteiger partial charge in [0.15, 0.2) is 5.82 Å². The molecule has 2 aromatic carbocycles. The molecule has 0 saturated carbocycles. The molecule has 168 valence electrons. The molecule has 0 saturated heterocycles. The van der Waals surface area contributed by atoms with Crippen LogP contribution >= 0.6 is 0 Å². The van der Waals surface area contributed by atoms with Gasteiger partial charge >= 0.3 is 0 Å². The number of carbonyl (C=O) groups is 1. The second kappa shape index (κ2) is 9.37. The summed E-state index contributed by atoms with van der Waals surface area (Å²) in [5, 5.41) is 6.95. The first-order valence-electron chi connectivity index (χ1n) is 10.5. The van der Waals surface area contributed by atoms with Crippen molar-refractivity contribution in [3.63, 3.8) is 0 Å². The molecule has 0 aliphatic rings. The molecule has 3 aromatic heterocycles. The fourth-order valence-electron chi connectivity index (χ4n) is 3.38. The summed E-state index contributed by atoms with van der Waals surface area (Å²) in [6, 6.07) is 20.7. The van der Waals surface area contributed by atoms with Crippen LogP contribution in [0.3, 0.4) is 0 Å². The number of benzene rings is 2. The highest BCUT2D eigenvalue weighted by Gasteiger charge is 2.18. The fourth-order valence-corrected chi connectivity index (χ4v) is 3.38. The maximum absolute atomic E-state index is 12.6. The van der Waals surface area contributed by atoms with E-state index in [1.54, 1.807) is 30.1 Å². The number of ether oxygens (including phenoxy) is 1.